The van der Waals surface area contributed by atoms with Gasteiger partial charge in [0, 0.05) is 97.9 Å². The van der Waals surface area contributed by atoms with Crippen molar-refractivity contribution in [3.05, 3.63) is 95.1 Å². The van der Waals surface area contributed by atoms with Gasteiger partial charge < -0.3 is 63.0 Å². The molecule has 0 radical (unpaired) electrons. The van der Waals surface area contributed by atoms with E-state index in [1.54, 1.807) is 0 Å². The summed E-state index contributed by atoms with van der Waals surface area (Å²) in [5.74, 6) is 0. The minimum atomic E-state index is -4.67. The number of likely N-dealkylation sites (N-methyl/N-ethyl adjacent to an activating group) is 4. The maximum Gasteiger partial charge on any atom is 0.394 e. The third-order valence-electron chi connectivity index (χ3n) is 10.5. The van der Waals surface area contributed by atoms with Crippen molar-refractivity contribution in [2.45, 2.75) is 81.1 Å². The molecule has 0 aromatic heterocycles. The Morgan fingerprint density at radius 1 is 0.263 bits per heavy atom. The van der Waals surface area contributed by atoms with Crippen LogP contribution < -0.4 is 42.5 Å². The zero-order chi connectivity index (χ0) is 76.5. The van der Waals surface area contributed by atoms with Crippen molar-refractivity contribution in [2.24, 2.45) is 0 Å². The lowest BCUT2D eigenvalue weighted by molar-refractivity contribution is 0.302. The van der Waals surface area contributed by atoms with Gasteiger partial charge in [-0.15, -0.1) is 0 Å². The molecule has 0 fully saturated rings. The van der Waals surface area contributed by atoms with E-state index < -0.39 is 72.8 Å². The first-order chi connectivity index (χ1) is 42.9. The van der Waals surface area contributed by atoms with Crippen LogP contribution in [0.2, 0.25) is 0 Å². The number of benzene rings is 4. The normalized spacial score (nSPS) is 10.8. The molecular weight excluding hydrogens is 1430 g/mol. The number of anilines is 8. The zero-order valence-corrected chi connectivity index (χ0v) is 58.7. The molecule has 560 valence electrons. The van der Waals surface area contributed by atoms with Gasteiger partial charge in [-0.3, -0.25) is 63.7 Å². The Morgan fingerprint density at radius 2 is 0.379 bits per heavy atom. The van der Waals surface area contributed by atoms with E-state index in [0.717, 1.165) is 97.4 Å². The molecule has 47 heteroatoms. The molecule has 26 N–H and O–H groups in total. The molecule has 0 bridgehead atoms. The van der Waals surface area contributed by atoms with Crippen molar-refractivity contribution < 1.29 is 143 Å². The van der Waals surface area contributed by atoms with E-state index in [2.05, 4.69) is 99.3 Å². The minimum Gasteiger partial charge on any atom is -0.399 e. The van der Waals surface area contributed by atoms with Gasteiger partial charge in [-0.1, -0.05) is 27.7 Å². The summed E-state index contributed by atoms with van der Waals surface area (Å²) in [5.41, 5.74) is 36.0. The first kappa shape index (κ1) is 103. The molecule has 0 atom stereocenters. The summed E-state index contributed by atoms with van der Waals surface area (Å²) in [5, 5.41) is 35.8. The number of nitrogens with two attached hydrogens (primary N) is 4. The number of hydrogen-bond acceptors (Lipinski definition) is 26. The summed E-state index contributed by atoms with van der Waals surface area (Å²) >= 11 is 0. The van der Waals surface area contributed by atoms with E-state index in [1.807, 2.05) is 48.5 Å². The molecule has 4 aromatic rings. The smallest absolute Gasteiger partial charge is 0.394 e. The Hall–Kier alpha value is -5.79. The van der Waals surface area contributed by atoms with Gasteiger partial charge in [0.15, 0.2) is 0 Å². The summed E-state index contributed by atoms with van der Waals surface area (Å²) in [6.45, 7) is 23.7. The molecule has 0 heterocycles. The number of aliphatic hydroxyl groups is 4. The van der Waals surface area contributed by atoms with Crippen molar-refractivity contribution in [3.8, 4) is 0 Å². The van der Waals surface area contributed by atoms with Gasteiger partial charge in [-0.25, -0.2) is 0 Å². The molecule has 0 aliphatic rings. The highest BCUT2D eigenvalue weighted by atomic mass is 32.3. The fourth-order valence-corrected chi connectivity index (χ4v) is 6.74. The maximum absolute atomic E-state index is 8.94. The van der Waals surface area contributed by atoms with Crippen LogP contribution in [0.1, 0.15) is 77.6 Å². The molecule has 0 aliphatic carbocycles. The van der Waals surface area contributed by atoms with Crippen LogP contribution in [0.5, 0.6) is 0 Å². The highest BCUT2D eigenvalue weighted by molar-refractivity contribution is 7.81. The van der Waals surface area contributed by atoms with Crippen molar-refractivity contribution in [2.75, 3.05) is 121 Å². The highest BCUT2D eigenvalue weighted by Gasteiger charge is 2.09. The first-order valence-electron chi connectivity index (χ1n) is 26.8. The van der Waals surface area contributed by atoms with Gasteiger partial charge in [0.2, 0.25) is 0 Å². The van der Waals surface area contributed by atoms with Crippen LogP contribution in [0, 0.1) is 0 Å². The number of nitrogen functional groups attached to an aromatic ring is 4. The predicted octanol–water partition coefficient (Wildman–Crippen LogP) is 2.03. The van der Waals surface area contributed by atoms with E-state index in [-0.39, 0.29) is 26.4 Å². The Morgan fingerprint density at radius 3 is 0.463 bits per heavy atom. The fourth-order valence-electron chi connectivity index (χ4n) is 6.74. The van der Waals surface area contributed by atoms with E-state index in [1.165, 1.54) is 22.3 Å². The van der Waals surface area contributed by atoms with Crippen LogP contribution in [0.25, 0.3) is 0 Å². The van der Waals surface area contributed by atoms with Gasteiger partial charge in [-0.2, -0.15) is 58.9 Å². The molecule has 0 spiro atoms. The molecule has 0 amide bonds. The molecule has 0 saturated heterocycles. The van der Waals surface area contributed by atoms with Crippen LogP contribution in [0.3, 0.4) is 0 Å². The molecular formula is C48H94N8O32S7. The SMILES string of the molecule is CCc1cc(N(CC)CCO)ccc1N.CCc1cc(N(CC)CCO)ccc1N.CCc1cc(N(CC)CCO)ccc1N.CCc1cc(N(CC)CCO)ccc1N.O=S(=O)(O)O.O=S(=O)(O)O.O=S(=O)(O)O.O=S(=O)(O)O.O=S(=O)(O)O.O=S(=O)(O)O.O=S(=O)(O)O. The molecule has 0 saturated carbocycles. The van der Waals surface area contributed by atoms with Gasteiger partial charge in [0.05, 0.1) is 26.4 Å². The largest absolute Gasteiger partial charge is 0.399 e. The maximum atomic E-state index is 8.94. The number of aliphatic hydroxyl groups excluding tert-OH is 4. The minimum absolute atomic E-state index is 0.180. The van der Waals surface area contributed by atoms with Gasteiger partial charge >= 0.3 is 72.8 Å². The quantitative estimate of drug-likeness (QED) is 0.0444. The Labute approximate surface area is 555 Å². The third-order valence-corrected chi connectivity index (χ3v) is 10.5. The lowest BCUT2D eigenvalue weighted by Gasteiger charge is -2.23. The van der Waals surface area contributed by atoms with Crippen molar-refractivity contribution in [1.82, 2.24) is 0 Å². The number of aryl methyl sites for hydroxylation is 4. The lowest BCUT2D eigenvalue weighted by Crippen LogP contribution is -2.26. The molecule has 4 aromatic carbocycles. The lowest BCUT2D eigenvalue weighted by atomic mass is 10.1. The summed E-state index contributed by atoms with van der Waals surface area (Å²) in [6.07, 6.45) is 3.76. The van der Waals surface area contributed by atoms with Crippen LogP contribution in [0.15, 0.2) is 72.8 Å². The summed E-state index contributed by atoms with van der Waals surface area (Å²) in [7, 11) is -32.7. The zero-order valence-electron chi connectivity index (χ0n) is 53.0. The Balaban J connectivity index is -0.000000187. The van der Waals surface area contributed by atoms with E-state index in [9.17, 15) is 0 Å². The second kappa shape index (κ2) is 53.3. The van der Waals surface area contributed by atoms with Gasteiger partial charge in [-0.05, 0) is 148 Å². The molecule has 40 nitrogen and oxygen atoms in total. The van der Waals surface area contributed by atoms with E-state index in [4.69, 9.17) is 166 Å². The first-order valence-corrected chi connectivity index (χ1v) is 36.5. The molecule has 0 unspecified atom stereocenters. The number of hydrogen-bond donors (Lipinski definition) is 22. The van der Waals surface area contributed by atoms with Crippen LogP contribution in [0.4, 0.5) is 45.5 Å². The van der Waals surface area contributed by atoms with Gasteiger partial charge in [0.25, 0.3) is 0 Å². The highest BCUT2D eigenvalue weighted by Crippen LogP contribution is 2.25. The average Bonchev–Trinajstić information content (AvgIpc) is 0.893. The monoisotopic (exact) mass is 1520 g/mol. The fraction of sp³-hybridized carbons (Fsp3) is 0.500. The number of nitrogens with zero attached hydrogens (tertiary/aromatic N) is 4. The second-order valence-electron chi connectivity index (χ2n) is 17.3. The van der Waals surface area contributed by atoms with E-state index >= 15 is 0 Å². The van der Waals surface area contributed by atoms with Crippen LogP contribution >= 0.6 is 0 Å². The second-order valence-corrected chi connectivity index (χ2v) is 23.6. The molecule has 95 heavy (non-hydrogen) atoms. The molecule has 4 rings (SSSR count). The van der Waals surface area contributed by atoms with Crippen molar-refractivity contribution in [3.63, 3.8) is 0 Å². The Kier molecular flexibility index (Phi) is 57.6. The topological polar surface area (TPSA) is 720 Å². The predicted molar refractivity (Wildman–Crippen MR) is 360 cm³/mol. The van der Waals surface area contributed by atoms with E-state index in [0.29, 0.717) is 26.2 Å². The van der Waals surface area contributed by atoms with Gasteiger partial charge in [0.1, 0.15) is 0 Å². The molecule has 0 aliphatic heterocycles. The average molecular weight is 1520 g/mol. The summed E-state index contributed by atoms with van der Waals surface area (Å²) in [4.78, 5) is 8.55. The number of rotatable bonds is 20. The Bertz CT molecular complexity index is 2940. The van der Waals surface area contributed by atoms with Crippen LogP contribution in [-0.2, 0) is 98.5 Å². The van der Waals surface area contributed by atoms with Crippen LogP contribution in [-0.4, -0.2) is 222 Å². The summed E-state index contributed by atoms with van der Waals surface area (Å²) < 4.78 is 221. The standard InChI is InChI=1S/4C12H20N2O.7H2O4S/c4*1-3-10-9-11(5-6-12(10)13)14(4-2)7-8-15;7*1-5(2,3)4/h4*5-6,9,15H,3-4,7-8,13H2,1-2H3;7*(H2,1,2,3,4). The summed E-state index contributed by atoms with van der Waals surface area (Å²) in [6, 6.07) is 24.2. The third kappa shape index (κ3) is 80.6. The van der Waals surface area contributed by atoms with Crippen molar-refractivity contribution >= 4 is 118 Å². The van der Waals surface area contributed by atoms with Crippen molar-refractivity contribution in [1.29, 1.82) is 0 Å².